The second-order valence-corrected chi connectivity index (χ2v) is 5.00. The Morgan fingerprint density at radius 1 is 1.19 bits per heavy atom. The Labute approximate surface area is 124 Å². The van der Waals surface area contributed by atoms with Crippen molar-refractivity contribution in [3.63, 3.8) is 0 Å². The zero-order valence-corrected chi connectivity index (χ0v) is 12.6. The molecule has 1 heterocycles. The van der Waals surface area contributed by atoms with E-state index in [9.17, 15) is 9.59 Å². The molecule has 6 nitrogen and oxygen atoms in total. The van der Waals surface area contributed by atoms with Crippen LogP contribution in [-0.2, 0) is 16.0 Å². The summed E-state index contributed by atoms with van der Waals surface area (Å²) in [4.78, 5) is 27.1. The molecular formula is C15H20N2O4. The lowest BCUT2D eigenvalue weighted by Crippen LogP contribution is -2.51. The van der Waals surface area contributed by atoms with Gasteiger partial charge in [0.1, 0.15) is 0 Å². The van der Waals surface area contributed by atoms with Gasteiger partial charge in [0.25, 0.3) is 0 Å². The summed E-state index contributed by atoms with van der Waals surface area (Å²) in [6, 6.07) is 5.39. The molecule has 0 bridgehead atoms. The molecule has 6 heteroatoms. The monoisotopic (exact) mass is 292 g/mol. The first kappa shape index (κ1) is 15.2. The number of ether oxygens (including phenoxy) is 2. The maximum Gasteiger partial charge on any atom is 0.241 e. The van der Waals surface area contributed by atoms with E-state index in [2.05, 4.69) is 0 Å². The van der Waals surface area contributed by atoms with Crippen molar-refractivity contribution in [1.29, 1.82) is 0 Å². The van der Waals surface area contributed by atoms with Gasteiger partial charge in [-0.2, -0.15) is 0 Å². The average molecular weight is 292 g/mol. The van der Waals surface area contributed by atoms with Gasteiger partial charge in [0.15, 0.2) is 11.5 Å². The number of rotatable bonds is 4. The molecule has 1 aromatic rings. The first-order valence-corrected chi connectivity index (χ1v) is 6.77. The van der Waals surface area contributed by atoms with E-state index in [0.29, 0.717) is 24.6 Å². The van der Waals surface area contributed by atoms with Gasteiger partial charge in [-0.3, -0.25) is 9.59 Å². The topological polar surface area (TPSA) is 59.1 Å². The number of amides is 2. The van der Waals surface area contributed by atoms with E-state index < -0.39 is 0 Å². The lowest BCUT2D eigenvalue weighted by atomic mass is 10.1. The average Bonchev–Trinajstić information content (AvgIpc) is 2.49. The molecule has 1 aliphatic heterocycles. The van der Waals surface area contributed by atoms with Crippen LogP contribution in [0.4, 0.5) is 0 Å². The highest BCUT2D eigenvalue weighted by Gasteiger charge is 2.24. The van der Waals surface area contributed by atoms with E-state index in [1.54, 1.807) is 43.2 Å². The van der Waals surface area contributed by atoms with Crippen LogP contribution in [0.15, 0.2) is 18.2 Å². The summed E-state index contributed by atoms with van der Waals surface area (Å²) >= 11 is 0. The summed E-state index contributed by atoms with van der Waals surface area (Å²) in [6.07, 6.45) is 0.247. The van der Waals surface area contributed by atoms with Crippen molar-refractivity contribution in [2.75, 3.05) is 40.9 Å². The minimum absolute atomic E-state index is 0.0260. The third kappa shape index (κ3) is 3.45. The summed E-state index contributed by atoms with van der Waals surface area (Å²) in [7, 11) is 4.87. The van der Waals surface area contributed by atoms with E-state index in [1.165, 1.54) is 0 Å². The minimum atomic E-state index is -0.0522. The Hall–Kier alpha value is -2.24. The molecule has 1 saturated heterocycles. The second-order valence-electron chi connectivity index (χ2n) is 5.00. The Morgan fingerprint density at radius 3 is 2.52 bits per heavy atom. The van der Waals surface area contributed by atoms with E-state index in [1.807, 2.05) is 6.07 Å². The SMILES string of the molecule is COc1ccc(CC(=O)N2CCN(C)C(=O)C2)cc1OC. The van der Waals surface area contributed by atoms with Gasteiger partial charge in [-0.15, -0.1) is 0 Å². The van der Waals surface area contributed by atoms with Gasteiger partial charge < -0.3 is 19.3 Å². The zero-order chi connectivity index (χ0) is 15.4. The summed E-state index contributed by atoms with van der Waals surface area (Å²) in [5.74, 6) is 1.14. The van der Waals surface area contributed by atoms with Gasteiger partial charge in [-0.05, 0) is 17.7 Å². The van der Waals surface area contributed by atoms with Crippen LogP contribution in [0.2, 0.25) is 0 Å². The number of nitrogens with zero attached hydrogens (tertiary/aromatic N) is 2. The van der Waals surface area contributed by atoms with Crippen molar-refractivity contribution in [2.24, 2.45) is 0 Å². The third-order valence-electron chi connectivity index (χ3n) is 3.61. The zero-order valence-electron chi connectivity index (χ0n) is 12.6. The predicted molar refractivity (Wildman–Crippen MR) is 77.5 cm³/mol. The number of methoxy groups -OCH3 is 2. The van der Waals surface area contributed by atoms with Crippen molar-refractivity contribution in [3.05, 3.63) is 23.8 Å². The van der Waals surface area contributed by atoms with Crippen molar-refractivity contribution >= 4 is 11.8 Å². The van der Waals surface area contributed by atoms with Crippen LogP contribution in [0.1, 0.15) is 5.56 Å². The van der Waals surface area contributed by atoms with E-state index in [4.69, 9.17) is 9.47 Å². The Kier molecular flexibility index (Phi) is 4.67. The molecule has 2 amide bonds. The Morgan fingerprint density at radius 2 is 1.90 bits per heavy atom. The molecule has 1 aliphatic rings. The Bertz CT molecular complexity index is 544. The number of carbonyl (C=O) groups is 2. The largest absolute Gasteiger partial charge is 0.493 e. The number of hydrogen-bond donors (Lipinski definition) is 0. The summed E-state index contributed by atoms with van der Waals surface area (Å²) in [5.41, 5.74) is 0.837. The molecule has 2 rings (SSSR count). The minimum Gasteiger partial charge on any atom is -0.493 e. The highest BCUT2D eigenvalue weighted by molar-refractivity contribution is 5.86. The fourth-order valence-electron chi connectivity index (χ4n) is 2.25. The van der Waals surface area contributed by atoms with Gasteiger partial charge in [0.05, 0.1) is 27.2 Å². The van der Waals surface area contributed by atoms with Crippen LogP contribution in [0, 0.1) is 0 Å². The molecule has 0 unspecified atom stereocenters. The van der Waals surface area contributed by atoms with Gasteiger partial charge in [-0.1, -0.05) is 6.07 Å². The summed E-state index contributed by atoms with van der Waals surface area (Å²) in [5, 5.41) is 0. The maximum absolute atomic E-state index is 12.3. The number of piperazine rings is 1. The second kappa shape index (κ2) is 6.47. The van der Waals surface area contributed by atoms with Crippen molar-refractivity contribution in [1.82, 2.24) is 9.80 Å². The molecule has 0 aliphatic carbocycles. The van der Waals surface area contributed by atoms with Gasteiger partial charge in [0, 0.05) is 20.1 Å². The predicted octanol–water partition coefficient (Wildman–Crippen LogP) is 0.547. The van der Waals surface area contributed by atoms with Crippen LogP contribution in [0.25, 0.3) is 0 Å². The highest BCUT2D eigenvalue weighted by atomic mass is 16.5. The van der Waals surface area contributed by atoms with Gasteiger partial charge in [0.2, 0.25) is 11.8 Å². The molecule has 0 atom stereocenters. The van der Waals surface area contributed by atoms with Crippen LogP contribution >= 0.6 is 0 Å². The van der Waals surface area contributed by atoms with Crippen LogP contribution in [-0.4, -0.2) is 62.5 Å². The molecule has 21 heavy (non-hydrogen) atoms. The molecule has 0 N–H and O–H groups in total. The highest BCUT2D eigenvalue weighted by Crippen LogP contribution is 2.27. The van der Waals surface area contributed by atoms with Crippen LogP contribution in [0.5, 0.6) is 11.5 Å². The van der Waals surface area contributed by atoms with E-state index in [0.717, 1.165) is 5.56 Å². The normalized spacial score (nSPS) is 15.1. The number of carbonyl (C=O) groups excluding carboxylic acids is 2. The van der Waals surface area contributed by atoms with Crippen molar-refractivity contribution in [2.45, 2.75) is 6.42 Å². The fourth-order valence-corrected chi connectivity index (χ4v) is 2.25. The fraction of sp³-hybridized carbons (Fsp3) is 0.467. The third-order valence-corrected chi connectivity index (χ3v) is 3.61. The molecule has 0 radical (unpaired) electrons. The van der Waals surface area contributed by atoms with Gasteiger partial charge in [-0.25, -0.2) is 0 Å². The lowest BCUT2D eigenvalue weighted by molar-refractivity contribution is -0.143. The lowest BCUT2D eigenvalue weighted by Gasteiger charge is -2.32. The first-order chi connectivity index (χ1) is 10.0. The Balaban J connectivity index is 2.04. The molecule has 0 aromatic heterocycles. The molecule has 1 fully saturated rings. The van der Waals surface area contributed by atoms with Crippen LogP contribution in [0.3, 0.4) is 0 Å². The standard InChI is InChI=1S/C15H20N2O4/c1-16-6-7-17(10-15(16)19)14(18)9-11-4-5-12(20-2)13(8-11)21-3/h4-5,8H,6-7,9-10H2,1-3H3. The number of benzene rings is 1. The quantitative estimate of drug-likeness (QED) is 0.813. The van der Waals surface area contributed by atoms with Crippen molar-refractivity contribution in [3.8, 4) is 11.5 Å². The van der Waals surface area contributed by atoms with E-state index in [-0.39, 0.29) is 24.8 Å². The summed E-state index contributed by atoms with van der Waals surface area (Å²) in [6.45, 7) is 1.31. The first-order valence-electron chi connectivity index (χ1n) is 6.77. The number of likely N-dealkylation sites (N-methyl/N-ethyl adjacent to an activating group) is 1. The molecule has 0 saturated carbocycles. The maximum atomic E-state index is 12.3. The van der Waals surface area contributed by atoms with Crippen LogP contribution < -0.4 is 9.47 Å². The van der Waals surface area contributed by atoms with E-state index >= 15 is 0 Å². The molecule has 114 valence electrons. The number of hydrogen-bond acceptors (Lipinski definition) is 4. The summed E-state index contributed by atoms with van der Waals surface area (Å²) < 4.78 is 10.4. The molecule has 0 spiro atoms. The molecule has 1 aromatic carbocycles. The molecular weight excluding hydrogens is 272 g/mol. The van der Waals surface area contributed by atoms with Gasteiger partial charge >= 0.3 is 0 Å². The smallest absolute Gasteiger partial charge is 0.241 e. The van der Waals surface area contributed by atoms with Crippen molar-refractivity contribution < 1.29 is 19.1 Å².